The lowest BCUT2D eigenvalue weighted by Gasteiger charge is -2.25. The van der Waals surface area contributed by atoms with Gasteiger partial charge in [-0.05, 0) is 17.7 Å². The van der Waals surface area contributed by atoms with Crippen LogP contribution in [0.5, 0.6) is 0 Å². The summed E-state index contributed by atoms with van der Waals surface area (Å²) in [6.45, 7) is 2.49. The molecule has 3 heterocycles. The Morgan fingerprint density at radius 1 is 1.37 bits per heavy atom. The second-order valence-corrected chi connectivity index (χ2v) is 4.54. The van der Waals surface area contributed by atoms with Gasteiger partial charge in [0, 0.05) is 39.0 Å². The number of ether oxygens (including phenoxy) is 1. The average molecular weight is 259 g/mol. The molecule has 19 heavy (non-hydrogen) atoms. The van der Waals surface area contributed by atoms with Crippen molar-refractivity contribution in [3.63, 3.8) is 0 Å². The second-order valence-electron chi connectivity index (χ2n) is 4.54. The Morgan fingerprint density at radius 2 is 2.21 bits per heavy atom. The summed E-state index contributed by atoms with van der Waals surface area (Å²) in [5, 5.41) is 12.1. The Bertz CT molecular complexity index is 539. The Balaban J connectivity index is 1.91. The van der Waals surface area contributed by atoms with E-state index in [-0.39, 0.29) is 6.04 Å². The van der Waals surface area contributed by atoms with Crippen molar-refractivity contribution in [2.75, 3.05) is 20.3 Å². The maximum absolute atomic E-state index is 5.11. The predicted octanol–water partition coefficient (Wildman–Crippen LogP) is 0.555. The van der Waals surface area contributed by atoms with E-state index >= 15 is 0 Å². The van der Waals surface area contributed by atoms with Crippen LogP contribution in [-0.2, 0) is 17.7 Å². The number of hydrogen-bond acceptors (Lipinski definition) is 5. The largest absolute Gasteiger partial charge is 0.384 e. The quantitative estimate of drug-likeness (QED) is 0.869. The first kappa shape index (κ1) is 12.3. The van der Waals surface area contributed by atoms with Crippen molar-refractivity contribution >= 4 is 0 Å². The fraction of sp³-hybridized carbons (Fsp3) is 0.462. The van der Waals surface area contributed by atoms with Crippen LogP contribution in [-0.4, -0.2) is 40.0 Å². The highest BCUT2D eigenvalue weighted by atomic mass is 16.5. The predicted molar refractivity (Wildman–Crippen MR) is 69.7 cm³/mol. The fourth-order valence-electron chi connectivity index (χ4n) is 2.42. The van der Waals surface area contributed by atoms with Crippen molar-refractivity contribution in [1.82, 2.24) is 25.1 Å². The number of aromatic nitrogens is 4. The number of rotatable bonds is 4. The molecule has 1 aliphatic rings. The summed E-state index contributed by atoms with van der Waals surface area (Å²) in [6, 6.07) is 4.12. The molecule has 0 aliphatic carbocycles. The first-order valence-corrected chi connectivity index (χ1v) is 6.44. The topological polar surface area (TPSA) is 64.9 Å². The Hall–Kier alpha value is -1.79. The van der Waals surface area contributed by atoms with Crippen molar-refractivity contribution in [2.24, 2.45) is 0 Å². The molecular formula is C13H17N5O. The lowest BCUT2D eigenvalue weighted by atomic mass is 10.1. The molecule has 0 spiro atoms. The average Bonchev–Trinajstić information content (AvgIpc) is 2.89. The Kier molecular flexibility index (Phi) is 3.52. The summed E-state index contributed by atoms with van der Waals surface area (Å²) in [4.78, 5) is 4.05. The monoisotopic (exact) mass is 259 g/mol. The molecule has 1 unspecified atom stereocenters. The standard InChI is InChI=1S/C13H17N5O/c1-19-9-4-11-16-17-13-12(15-7-8-18(11)13)10-2-5-14-6-3-10/h2-3,5-6,12,15H,4,7-9H2,1H3. The second kappa shape index (κ2) is 5.46. The maximum Gasteiger partial charge on any atom is 0.154 e. The zero-order chi connectivity index (χ0) is 13.1. The molecule has 0 aromatic carbocycles. The number of nitrogens with zero attached hydrogens (tertiary/aromatic N) is 4. The third-order valence-electron chi connectivity index (χ3n) is 3.37. The molecule has 0 radical (unpaired) electrons. The van der Waals surface area contributed by atoms with Crippen LogP contribution in [0.2, 0.25) is 0 Å². The highest BCUT2D eigenvalue weighted by Gasteiger charge is 2.25. The van der Waals surface area contributed by atoms with Gasteiger partial charge >= 0.3 is 0 Å². The third-order valence-corrected chi connectivity index (χ3v) is 3.37. The van der Waals surface area contributed by atoms with Crippen LogP contribution in [0.4, 0.5) is 0 Å². The molecule has 6 nitrogen and oxygen atoms in total. The molecule has 6 heteroatoms. The van der Waals surface area contributed by atoms with Crippen LogP contribution < -0.4 is 5.32 Å². The summed E-state index contributed by atoms with van der Waals surface area (Å²) in [7, 11) is 1.70. The van der Waals surface area contributed by atoms with Gasteiger partial charge < -0.3 is 14.6 Å². The highest BCUT2D eigenvalue weighted by Crippen LogP contribution is 2.23. The van der Waals surface area contributed by atoms with E-state index in [2.05, 4.69) is 25.1 Å². The van der Waals surface area contributed by atoms with Crippen LogP contribution in [0.25, 0.3) is 0 Å². The molecule has 0 saturated heterocycles. The van der Waals surface area contributed by atoms with Crippen molar-refractivity contribution in [1.29, 1.82) is 0 Å². The first-order valence-electron chi connectivity index (χ1n) is 6.44. The van der Waals surface area contributed by atoms with Gasteiger partial charge in [-0.1, -0.05) is 0 Å². The van der Waals surface area contributed by atoms with Gasteiger partial charge in [0.05, 0.1) is 12.6 Å². The van der Waals surface area contributed by atoms with Gasteiger partial charge in [0.15, 0.2) is 5.82 Å². The van der Waals surface area contributed by atoms with Crippen molar-refractivity contribution in [2.45, 2.75) is 19.0 Å². The van der Waals surface area contributed by atoms with E-state index in [9.17, 15) is 0 Å². The molecule has 1 N–H and O–H groups in total. The number of nitrogens with one attached hydrogen (secondary N) is 1. The molecule has 0 amide bonds. The molecule has 2 aromatic rings. The van der Waals surface area contributed by atoms with Gasteiger partial charge in [-0.2, -0.15) is 0 Å². The van der Waals surface area contributed by atoms with Crippen molar-refractivity contribution < 1.29 is 4.74 Å². The summed E-state index contributed by atoms with van der Waals surface area (Å²) in [5.74, 6) is 1.97. The third kappa shape index (κ3) is 2.36. The molecule has 3 rings (SSSR count). The smallest absolute Gasteiger partial charge is 0.154 e. The van der Waals surface area contributed by atoms with Crippen LogP contribution in [0.15, 0.2) is 24.5 Å². The van der Waals surface area contributed by atoms with Gasteiger partial charge in [-0.25, -0.2) is 0 Å². The minimum atomic E-state index is 0.0977. The molecule has 1 atom stereocenters. The molecule has 2 aromatic heterocycles. The first-order chi connectivity index (χ1) is 9.40. The van der Waals surface area contributed by atoms with E-state index in [1.54, 1.807) is 19.5 Å². The van der Waals surface area contributed by atoms with E-state index in [1.165, 1.54) is 5.56 Å². The molecule has 1 aliphatic heterocycles. The molecule has 0 bridgehead atoms. The van der Waals surface area contributed by atoms with E-state index in [0.717, 1.165) is 31.2 Å². The van der Waals surface area contributed by atoms with Gasteiger partial charge in [0.1, 0.15) is 5.82 Å². The van der Waals surface area contributed by atoms with Gasteiger partial charge in [0.25, 0.3) is 0 Å². The van der Waals surface area contributed by atoms with Gasteiger partial charge in [-0.15, -0.1) is 10.2 Å². The van der Waals surface area contributed by atoms with E-state index in [1.807, 2.05) is 12.1 Å². The minimum absolute atomic E-state index is 0.0977. The summed E-state index contributed by atoms with van der Waals surface area (Å²) in [5.41, 5.74) is 1.17. The molecule has 0 saturated carbocycles. The number of hydrogen-bond donors (Lipinski definition) is 1. The Labute approximate surface area is 111 Å². The zero-order valence-electron chi connectivity index (χ0n) is 10.9. The minimum Gasteiger partial charge on any atom is -0.384 e. The Morgan fingerprint density at radius 3 is 3.00 bits per heavy atom. The van der Waals surface area contributed by atoms with Crippen molar-refractivity contribution in [3.8, 4) is 0 Å². The van der Waals surface area contributed by atoms with Crippen LogP contribution in [0.1, 0.15) is 23.3 Å². The van der Waals surface area contributed by atoms with Crippen molar-refractivity contribution in [3.05, 3.63) is 41.7 Å². The molecule has 100 valence electrons. The van der Waals surface area contributed by atoms with Crippen LogP contribution in [0, 0.1) is 0 Å². The number of methoxy groups -OCH3 is 1. The van der Waals surface area contributed by atoms with E-state index < -0.39 is 0 Å². The molecule has 0 fully saturated rings. The SMILES string of the molecule is COCCc1nnc2n1CCNC2c1ccncc1. The highest BCUT2D eigenvalue weighted by molar-refractivity contribution is 5.24. The lowest BCUT2D eigenvalue weighted by molar-refractivity contribution is 0.199. The number of pyridine rings is 1. The normalized spacial score (nSPS) is 18.3. The van der Waals surface area contributed by atoms with E-state index in [4.69, 9.17) is 4.74 Å². The summed E-state index contributed by atoms with van der Waals surface area (Å²) >= 11 is 0. The summed E-state index contributed by atoms with van der Waals surface area (Å²) < 4.78 is 7.31. The lowest BCUT2D eigenvalue weighted by Crippen LogP contribution is -2.35. The van der Waals surface area contributed by atoms with Gasteiger partial charge in [-0.3, -0.25) is 4.98 Å². The van der Waals surface area contributed by atoms with Gasteiger partial charge in [0.2, 0.25) is 0 Å². The zero-order valence-corrected chi connectivity index (χ0v) is 10.9. The molecular weight excluding hydrogens is 242 g/mol. The summed E-state index contributed by atoms with van der Waals surface area (Å²) in [6.07, 6.45) is 4.41. The van der Waals surface area contributed by atoms with E-state index in [0.29, 0.717) is 6.61 Å². The fourth-order valence-corrected chi connectivity index (χ4v) is 2.42. The van der Waals surface area contributed by atoms with Crippen LogP contribution >= 0.6 is 0 Å². The maximum atomic E-state index is 5.11. The number of fused-ring (bicyclic) bond motifs is 1. The van der Waals surface area contributed by atoms with Crippen LogP contribution in [0.3, 0.4) is 0 Å².